The fraction of sp³-hybridized carbons (Fsp3) is 0.556. The molecule has 10 nitrogen and oxygen atoms in total. The molecule has 0 amide bonds. The molecule has 0 saturated carbocycles. The third kappa shape index (κ3) is 2.98. The largest absolute Gasteiger partial charge is 0.353 e. The Bertz CT molecular complexity index is 990. The summed E-state index contributed by atoms with van der Waals surface area (Å²) in [7, 11) is 0. The molecule has 2 aliphatic heterocycles. The molecule has 0 bridgehead atoms. The first-order chi connectivity index (χ1) is 13.7. The Morgan fingerprint density at radius 1 is 0.714 bits per heavy atom. The van der Waals surface area contributed by atoms with E-state index in [1.807, 2.05) is 20.0 Å². The number of fused-ring (bicyclic) bond motifs is 1. The summed E-state index contributed by atoms with van der Waals surface area (Å²) < 4.78 is 4.84. The maximum atomic E-state index is 4.84. The van der Waals surface area contributed by atoms with Gasteiger partial charge in [0.1, 0.15) is 5.82 Å². The minimum absolute atomic E-state index is 0.459. The molecule has 0 unspecified atom stereocenters. The Balaban J connectivity index is 1.42. The second kappa shape index (κ2) is 6.84. The lowest BCUT2D eigenvalue weighted by Crippen LogP contribution is -2.48. The van der Waals surface area contributed by atoms with E-state index in [2.05, 4.69) is 35.0 Å². The Labute approximate surface area is 162 Å². The standard InChI is InChI=1S/C18H23N9O/c1-12-11-19-13(2)16(20-12)26-7-9-27(10-8-26)18-17(25-5-3-4-6-25)21-14-15(22-18)24-28-23-14/h11H,3-10H2,1-2H3. The first-order valence-electron chi connectivity index (χ1n) is 9.74. The molecule has 146 valence electrons. The lowest BCUT2D eigenvalue weighted by atomic mass is 10.2. The fourth-order valence-corrected chi connectivity index (χ4v) is 3.93. The quantitative estimate of drug-likeness (QED) is 0.661. The van der Waals surface area contributed by atoms with Crippen LogP contribution in [0.3, 0.4) is 0 Å². The number of nitrogens with zero attached hydrogens (tertiary/aromatic N) is 9. The van der Waals surface area contributed by atoms with E-state index in [4.69, 9.17) is 14.6 Å². The summed E-state index contributed by atoms with van der Waals surface area (Å²) in [6.07, 6.45) is 4.17. The van der Waals surface area contributed by atoms with Crippen molar-refractivity contribution in [3.63, 3.8) is 0 Å². The van der Waals surface area contributed by atoms with Crippen molar-refractivity contribution in [2.75, 3.05) is 54.0 Å². The SMILES string of the molecule is Cc1cnc(C)c(N2CCN(c3nc4nonc4nc3N3CCCC3)CC2)n1. The summed E-state index contributed by atoms with van der Waals surface area (Å²) in [6.45, 7) is 9.36. The smallest absolute Gasteiger partial charge is 0.245 e. The topological polar surface area (TPSA) is 100 Å². The highest BCUT2D eigenvalue weighted by Crippen LogP contribution is 2.31. The van der Waals surface area contributed by atoms with Crippen molar-refractivity contribution in [1.82, 2.24) is 30.2 Å². The molecule has 10 heteroatoms. The first kappa shape index (κ1) is 17.1. The highest BCUT2D eigenvalue weighted by atomic mass is 16.6. The molecule has 2 fully saturated rings. The zero-order valence-corrected chi connectivity index (χ0v) is 16.2. The van der Waals surface area contributed by atoms with Crippen LogP contribution in [0.4, 0.5) is 17.5 Å². The molecule has 28 heavy (non-hydrogen) atoms. The summed E-state index contributed by atoms with van der Waals surface area (Å²) in [5.41, 5.74) is 2.83. The van der Waals surface area contributed by atoms with Gasteiger partial charge in [-0.2, -0.15) is 0 Å². The third-order valence-electron chi connectivity index (χ3n) is 5.41. The van der Waals surface area contributed by atoms with E-state index >= 15 is 0 Å². The minimum atomic E-state index is 0.459. The molecule has 0 spiro atoms. The van der Waals surface area contributed by atoms with Crippen LogP contribution < -0.4 is 14.7 Å². The average molecular weight is 381 g/mol. The van der Waals surface area contributed by atoms with Crippen LogP contribution in [0.25, 0.3) is 11.3 Å². The van der Waals surface area contributed by atoms with Crippen molar-refractivity contribution in [2.45, 2.75) is 26.7 Å². The van der Waals surface area contributed by atoms with Gasteiger partial charge in [-0.25, -0.2) is 19.6 Å². The zero-order valence-electron chi connectivity index (χ0n) is 16.2. The van der Waals surface area contributed by atoms with Crippen LogP contribution in [0, 0.1) is 13.8 Å². The summed E-state index contributed by atoms with van der Waals surface area (Å²) in [4.78, 5) is 25.5. The molecule has 3 aromatic rings. The Morgan fingerprint density at radius 2 is 1.25 bits per heavy atom. The molecule has 5 heterocycles. The molecule has 3 aromatic heterocycles. The molecule has 0 N–H and O–H groups in total. The summed E-state index contributed by atoms with van der Waals surface area (Å²) in [6, 6.07) is 0. The van der Waals surface area contributed by atoms with Crippen molar-refractivity contribution in [2.24, 2.45) is 0 Å². The van der Waals surface area contributed by atoms with Gasteiger partial charge in [0.15, 0.2) is 11.6 Å². The maximum absolute atomic E-state index is 4.84. The first-order valence-corrected chi connectivity index (χ1v) is 9.74. The Hall–Kier alpha value is -3.04. The predicted octanol–water partition coefficient (Wildman–Crippen LogP) is 1.35. The van der Waals surface area contributed by atoms with Gasteiger partial charge in [0.25, 0.3) is 0 Å². The van der Waals surface area contributed by atoms with Gasteiger partial charge >= 0.3 is 0 Å². The van der Waals surface area contributed by atoms with Crippen molar-refractivity contribution >= 4 is 28.7 Å². The average Bonchev–Trinajstić information content (AvgIpc) is 3.40. The lowest BCUT2D eigenvalue weighted by Gasteiger charge is -2.37. The van der Waals surface area contributed by atoms with E-state index in [-0.39, 0.29) is 0 Å². The van der Waals surface area contributed by atoms with Gasteiger partial charge in [-0.05, 0) is 37.0 Å². The van der Waals surface area contributed by atoms with Gasteiger partial charge in [0.05, 0.1) is 11.4 Å². The van der Waals surface area contributed by atoms with Gasteiger partial charge in [-0.15, -0.1) is 0 Å². The highest BCUT2D eigenvalue weighted by molar-refractivity contribution is 5.75. The minimum Gasteiger partial charge on any atom is -0.353 e. The molecule has 0 atom stereocenters. The van der Waals surface area contributed by atoms with E-state index in [1.165, 1.54) is 12.8 Å². The predicted molar refractivity (Wildman–Crippen MR) is 105 cm³/mol. The molecule has 2 saturated heterocycles. The number of piperazine rings is 1. The number of hydrogen-bond acceptors (Lipinski definition) is 10. The maximum Gasteiger partial charge on any atom is 0.245 e. The second-order valence-corrected chi connectivity index (χ2v) is 7.37. The van der Waals surface area contributed by atoms with Crippen LogP contribution in [-0.4, -0.2) is 69.5 Å². The zero-order chi connectivity index (χ0) is 19.1. The van der Waals surface area contributed by atoms with Gasteiger partial charge in [-0.1, -0.05) is 0 Å². The molecule has 5 rings (SSSR count). The van der Waals surface area contributed by atoms with E-state index < -0.39 is 0 Å². The Kier molecular flexibility index (Phi) is 4.18. The summed E-state index contributed by atoms with van der Waals surface area (Å²) in [5, 5.41) is 7.77. The highest BCUT2D eigenvalue weighted by Gasteiger charge is 2.27. The normalized spacial score (nSPS) is 17.7. The molecule has 0 aromatic carbocycles. The number of aromatic nitrogens is 6. The lowest BCUT2D eigenvalue weighted by molar-refractivity contribution is 0.314. The molecule has 0 aliphatic carbocycles. The van der Waals surface area contributed by atoms with Gasteiger partial charge in [0.2, 0.25) is 11.3 Å². The monoisotopic (exact) mass is 381 g/mol. The van der Waals surface area contributed by atoms with Crippen LogP contribution >= 0.6 is 0 Å². The van der Waals surface area contributed by atoms with Gasteiger partial charge in [-0.3, -0.25) is 4.98 Å². The third-order valence-corrected chi connectivity index (χ3v) is 5.41. The van der Waals surface area contributed by atoms with Crippen LogP contribution in [0.5, 0.6) is 0 Å². The van der Waals surface area contributed by atoms with Crippen LogP contribution in [0.15, 0.2) is 10.8 Å². The number of rotatable bonds is 3. The van der Waals surface area contributed by atoms with Crippen LogP contribution in [0.2, 0.25) is 0 Å². The van der Waals surface area contributed by atoms with E-state index in [0.29, 0.717) is 11.3 Å². The van der Waals surface area contributed by atoms with Crippen molar-refractivity contribution in [3.05, 3.63) is 17.6 Å². The Morgan fingerprint density at radius 3 is 1.86 bits per heavy atom. The van der Waals surface area contributed by atoms with Crippen molar-refractivity contribution < 1.29 is 4.63 Å². The van der Waals surface area contributed by atoms with E-state index in [1.54, 1.807) is 0 Å². The number of hydrogen-bond donors (Lipinski definition) is 0. The summed E-state index contributed by atoms with van der Waals surface area (Å²) >= 11 is 0. The van der Waals surface area contributed by atoms with E-state index in [9.17, 15) is 0 Å². The van der Waals surface area contributed by atoms with Crippen molar-refractivity contribution in [1.29, 1.82) is 0 Å². The molecular weight excluding hydrogens is 358 g/mol. The van der Waals surface area contributed by atoms with Crippen LogP contribution in [0.1, 0.15) is 24.2 Å². The van der Waals surface area contributed by atoms with Crippen LogP contribution in [-0.2, 0) is 0 Å². The molecule has 2 aliphatic rings. The second-order valence-electron chi connectivity index (χ2n) is 7.37. The number of aryl methyl sites for hydroxylation is 2. The fourth-order valence-electron chi connectivity index (χ4n) is 3.93. The summed E-state index contributed by atoms with van der Waals surface area (Å²) in [5.74, 6) is 2.74. The van der Waals surface area contributed by atoms with Gasteiger partial charge < -0.3 is 14.7 Å². The number of anilines is 3. The van der Waals surface area contributed by atoms with E-state index in [0.717, 1.165) is 68.1 Å². The molecular formula is C18H23N9O. The van der Waals surface area contributed by atoms with Gasteiger partial charge in [0, 0.05) is 45.5 Å². The van der Waals surface area contributed by atoms with Crippen molar-refractivity contribution in [3.8, 4) is 0 Å². The molecule has 0 radical (unpaired) electrons.